The summed E-state index contributed by atoms with van der Waals surface area (Å²) in [4.78, 5) is 12.1. The van der Waals surface area contributed by atoms with Crippen LogP contribution in [0.2, 0.25) is 0 Å². The normalized spacial score (nSPS) is 16.9. The van der Waals surface area contributed by atoms with E-state index in [2.05, 4.69) is 45.5 Å². The van der Waals surface area contributed by atoms with E-state index >= 15 is 0 Å². The van der Waals surface area contributed by atoms with Crippen LogP contribution in [-0.2, 0) is 17.6 Å². The topological polar surface area (TPSA) is 29.1 Å². The summed E-state index contributed by atoms with van der Waals surface area (Å²) in [5.74, 6) is 0.559. The minimum atomic E-state index is 0.102. The Hall–Kier alpha value is -1.61. The second-order valence-electron chi connectivity index (χ2n) is 5.90. The summed E-state index contributed by atoms with van der Waals surface area (Å²) in [5.41, 5.74) is 3.91. The number of carbonyl (C=O) groups is 1. The van der Waals surface area contributed by atoms with Gasteiger partial charge in [0.15, 0.2) is 0 Å². The summed E-state index contributed by atoms with van der Waals surface area (Å²) in [7, 11) is 0. The number of benzene rings is 2. The number of nitrogens with one attached hydrogen (secondary N) is 1. The third kappa shape index (κ3) is 3.77. The van der Waals surface area contributed by atoms with E-state index in [9.17, 15) is 4.79 Å². The quantitative estimate of drug-likeness (QED) is 0.871. The maximum atomic E-state index is 12.1. The third-order valence-electron chi connectivity index (χ3n) is 4.32. The molecule has 1 amide bonds. The molecule has 3 heteroatoms. The Balaban J connectivity index is 1.56. The maximum Gasteiger partial charge on any atom is 0.224 e. The van der Waals surface area contributed by atoms with Gasteiger partial charge >= 0.3 is 0 Å². The fourth-order valence-electron chi connectivity index (χ4n) is 3.15. The van der Waals surface area contributed by atoms with Crippen molar-refractivity contribution in [1.82, 2.24) is 5.32 Å². The van der Waals surface area contributed by atoms with Crippen LogP contribution < -0.4 is 5.32 Å². The van der Waals surface area contributed by atoms with E-state index in [0.29, 0.717) is 12.3 Å². The fraction of sp³-hybridized carbons (Fsp3) is 0.316. The van der Waals surface area contributed by atoms with Crippen molar-refractivity contribution < 1.29 is 4.79 Å². The smallest absolute Gasteiger partial charge is 0.224 e. The van der Waals surface area contributed by atoms with Crippen molar-refractivity contribution in [3.8, 4) is 0 Å². The first kappa shape index (κ1) is 15.3. The highest BCUT2D eigenvalue weighted by molar-refractivity contribution is 9.10. The molecular weight excluding hydrogens is 338 g/mol. The molecule has 0 spiro atoms. The van der Waals surface area contributed by atoms with Gasteiger partial charge in [0.25, 0.3) is 0 Å². The van der Waals surface area contributed by atoms with Gasteiger partial charge in [0, 0.05) is 16.9 Å². The predicted octanol–water partition coefficient (Wildman–Crippen LogP) is 4.23. The van der Waals surface area contributed by atoms with Crippen molar-refractivity contribution in [3.63, 3.8) is 0 Å². The third-order valence-corrected chi connectivity index (χ3v) is 4.85. The van der Waals surface area contributed by atoms with Gasteiger partial charge in [-0.3, -0.25) is 4.79 Å². The molecule has 0 fully saturated rings. The minimum absolute atomic E-state index is 0.102. The van der Waals surface area contributed by atoms with Crippen LogP contribution in [-0.4, -0.2) is 12.5 Å². The Bertz CT molecular complexity index is 651. The molecule has 1 N–H and O–H groups in total. The molecule has 114 valence electrons. The highest BCUT2D eigenvalue weighted by Crippen LogP contribution is 2.30. The summed E-state index contributed by atoms with van der Waals surface area (Å²) in [6.45, 7) is 0.742. The lowest BCUT2D eigenvalue weighted by Crippen LogP contribution is -2.31. The SMILES string of the molecule is O=C(Cc1ccc(Br)cc1)NCC1CCCc2ccccc21. The number of hydrogen-bond acceptors (Lipinski definition) is 1. The number of halogens is 1. The molecule has 1 aliphatic carbocycles. The first-order valence-corrected chi connectivity index (χ1v) is 8.60. The summed E-state index contributed by atoms with van der Waals surface area (Å²) in [6, 6.07) is 16.5. The number of rotatable bonds is 4. The van der Waals surface area contributed by atoms with E-state index in [1.165, 1.54) is 24.0 Å². The lowest BCUT2D eigenvalue weighted by Gasteiger charge is -2.25. The number of amides is 1. The summed E-state index contributed by atoms with van der Waals surface area (Å²) < 4.78 is 1.04. The Morgan fingerprint density at radius 1 is 1.14 bits per heavy atom. The zero-order valence-corrected chi connectivity index (χ0v) is 14.1. The highest BCUT2D eigenvalue weighted by Gasteiger charge is 2.20. The Morgan fingerprint density at radius 3 is 2.73 bits per heavy atom. The number of hydrogen-bond donors (Lipinski definition) is 1. The molecule has 0 radical (unpaired) electrons. The van der Waals surface area contributed by atoms with E-state index in [4.69, 9.17) is 0 Å². The van der Waals surface area contributed by atoms with Gasteiger partial charge in [-0.1, -0.05) is 52.3 Å². The number of carbonyl (C=O) groups excluding carboxylic acids is 1. The molecule has 2 nitrogen and oxygen atoms in total. The predicted molar refractivity (Wildman–Crippen MR) is 93.0 cm³/mol. The average Bonchev–Trinajstić information content (AvgIpc) is 2.55. The van der Waals surface area contributed by atoms with Crippen LogP contribution in [0.5, 0.6) is 0 Å². The second kappa shape index (κ2) is 7.10. The van der Waals surface area contributed by atoms with Crippen LogP contribution in [0.1, 0.15) is 35.4 Å². The molecule has 3 rings (SSSR count). The summed E-state index contributed by atoms with van der Waals surface area (Å²) >= 11 is 3.41. The van der Waals surface area contributed by atoms with Gasteiger partial charge in [-0.15, -0.1) is 0 Å². The van der Waals surface area contributed by atoms with E-state index in [1.807, 2.05) is 24.3 Å². The van der Waals surface area contributed by atoms with Crippen LogP contribution in [0, 0.1) is 0 Å². The Kier molecular flexibility index (Phi) is 4.94. The Labute approximate surface area is 140 Å². The first-order valence-electron chi connectivity index (χ1n) is 7.81. The molecule has 2 aromatic carbocycles. The average molecular weight is 358 g/mol. The summed E-state index contributed by atoms with van der Waals surface area (Å²) in [6.07, 6.45) is 3.99. The van der Waals surface area contributed by atoms with Crippen molar-refractivity contribution in [3.05, 3.63) is 69.7 Å². The molecule has 0 bridgehead atoms. The molecule has 1 aliphatic rings. The zero-order valence-electron chi connectivity index (χ0n) is 12.5. The van der Waals surface area contributed by atoms with Gasteiger partial charge in [0.05, 0.1) is 6.42 Å². The highest BCUT2D eigenvalue weighted by atomic mass is 79.9. The van der Waals surface area contributed by atoms with E-state index < -0.39 is 0 Å². The first-order chi connectivity index (χ1) is 10.7. The van der Waals surface area contributed by atoms with Crippen molar-refractivity contribution in [2.24, 2.45) is 0 Å². The largest absolute Gasteiger partial charge is 0.355 e. The van der Waals surface area contributed by atoms with Crippen molar-refractivity contribution >= 4 is 21.8 Å². The standard InChI is InChI=1S/C19H20BrNO/c20-17-10-8-14(9-11-17)12-19(22)21-13-16-6-3-5-15-4-1-2-7-18(15)16/h1-2,4,7-11,16H,3,5-6,12-13H2,(H,21,22). The number of fused-ring (bicyclic) bond motifs is 1. The molecule has 1 unspecified atom stereocenters. The molecule has 22 heavy (non-hydrogen) atoms. The van der Waals surface area contributed by atoms with Gasteiger partial charge in [0.1, 0.15) is 0 Å². The van der Waals surface area contributed by atoms with Gasteiger partial charge in [-0.05, 0) is 48.1 Å². The number of aryl methyl sites for hydroxylation is 1. The van der Waals surface area contributed by atoms with Gasteiger partial charge in [-0.2, -0.15) is 0 Å². The molecular formula is C19H20BrNO. The van der Waals surface area contributed by atoms with Crippen LogP contribution in [0.25, 0.3) is 0 Å². The van der Waals surface area contributed by atoms with Gasteiger partial charge in [-0.25, -0.2) is 0 Å². The van der Waals surface area contributed by atoms with Crippen LogP contribution in [0.15, 0.2) is 53.0 Å². The van der Waals surface area contributed by atoms with Gasteiger partial charge < -0.3 is 5.32 Å². The van der Waals surface area contributed by atoms with Crippen molar-refractivity contribution in [2.45, 2.75) is 31.6 Å². The second-order valence-corrected chi connectivity index (χ2v) is 6.81. The van der Waals surface area contributed by atoms with E-state index in [-0.39, 0.29) is 5.91 Å². The lowest BCUT2D eigenvalue weighted by atomic mass is 9.83. The van der Waals surface area contributed by atoms with E-state index in [1.54, 1.807) is 0 Å². The van der Waals surface area contributed by atoms with Crippen LogP contribution in [0.3, 0.4) is 0 Å². The van der Waals surface area contributed by atoms with Crippen LogP contribution in [0.4, 0.5) is 0 Å². The fourth-order valence-corrected chi connectivity index (χ4v) is 3.42. The molecule has 0 heterocycles. The van der Waals surface area contributed by atoms with Crippen LogP contribution >= 0.6 is 15.9 Å². The molecule has 0 saturated carbocycles. The molecule has 2 aromatic rings. The molecule has 1 atom stereocenters. The lowest BCUT2D eigenvalue weighted by molar-refractivity contribution is -0.120. The minimum Gasteiger partial charge on any atom is -0.355 e. The maximum absolute atomic E-state index is 12.1. The Morgan fingerprint density at radius 2 is 1.91 bits per heavy atom. The summed E-state index contributed by atoms with van der Waals surface area (Å²) in [5, 5.41) is 3.11. The van der Waals surface area contributed by atoms with Gasteiger partial charge in [0.2, 0.25) is 5.91 Å². The molecule has 0 aromatic heterocycles. The van der Waals surface area contributed by atoms with E-state index in [0.717, 1.165) is 23.0 Å². The van der Waals surface area contributed by atoms with Crippen molar-refractivity contribution in [2.75, 3.05) is 6.54 Å². The zero-order chi connectivity index (χ0) is 15.4. The monoisotopic (exact) mass is 357 g/mol. The molecule has 0 saturated heterocycles. The molecule has 0 aliphatic heterocycles. The van der Waals surface area contributed by atoms with Crippen molar-refractivity contribution in [1.29, 1.82) is 0 Å².